The van der Waals surface area contributed by atoms with Gasteiger partial charge >= 0.3 is 10.2 Å². The fourth-order valence-corrected chi connectivity index (χ4v) is 4.24. The molecule has 1 amide bonds. The Labute approximate surface area is 174 Å². The van der Waals surface area contributed by atoms with E-state index < -0.39 is 40.7 Å². The van der Waals surface area contributed by atoms with Crippen LogP contribution in [0.2, 0.25) is 0 Å². The first-order chi connectivity index (χ1) is 14.2. The first kappa shape index (κ1) is 22.9. The molecule has 0 saturated heterocycles. The average molecular weight is 449 g/mol. The third kappa shape index (κ3) is 5.26. The predicted molar refractivity (Wildman–Crippen MR) is 106 cm³/mol. The van der Waals surface area contributed by atoms with Crippen molar-refractivity contribution in [1.82, 2.24) is 9.44 Å². The van der Waals surface area contributed by atoms with E-state index in [-0.39, 0.29) is 17.4 Å². The fourth-order valence-electron chi connectivity index (χ4n) is 3.78. The van der Waals surface area contributed by atoms with Crippen LogP contribution in [0.1, 0.15) is 60.4 Å². The Morgan fingerprint density at radius 3 is 2.33 bits per heavy atom. The molecule has 1 aromatic rings. The number of alkyl halides is 2. The summed E-state index contributed by atoms with van der Waals surface area (Å²) in [6.07, 6.45) is 3.93. The molecule has 10 heteroatoms. The van der Waals surface area contributed by atoms with Gasteiger partial charge in [-0.25, -0.2) is 13.8 Å². The first-order valence-electron chi connectivity index (χ1n) is 10.1. The molecule has 6 nitrogen and oxygen atoms in total. The van der Waals surface area contributed by atoms with Crippen LogP contribution in [0.3, 0.4) is 0 Å². The Morgan fingerprint density at radius 1 is 1.17 bits per heavy atom. The second-order valence-electron chi connectivity index (χ2n) is 8.30. The zero-order valence-corrected chi connectivity index (χ0v) is 17.7. The highest BCUT2D eigenvalue weighted by Crippen LogP contribution is 2.46. The SMILES string of the molecule is CNS(=O)(=O)NC(=O)c1cc(C2CC2)c(OCC2CCC(CF)(CF)CC2)cc1F. The highest BCUT2D eigenvalue weighted by molar-refractivity contribution is 7.88. The van der Waals surface area contributed by atoms with Crippen molar-refractivity contribution in [2.45, 2.75) is 44.4 Å². The van der Waals surface area contributed by atoms with Gasteiger partial charge in [0, 0.05) is 18.5 Å². The quantitative estimate of drug-likeness (QED) is 0.607. The Balaban J connectivity index is 1.70. The number of amides is 1. The van der Waals surface area contributed by atoms with Gasteiger partial charge in [0.05, 0.1) is 25.5 Å². The second kappa shape index (κ2) is 9.13. The Morgan fingerprint density at radius 2 is 1.80 bits per heavy atom. The Bertz CT molecular complexity index is 876. The van der Waals surface area contributed by atoms with Crippen LogP contribution in [-0.4, -0.2) is 41.3 Å². The van der Waals surface area contributed by atoms with Crippen molar-refractivity contribution >= 4 is 16.1 Å². The molecule has 1 aromatic carbocycles. The molecule has 0 radical (unpaired) electrons. The van der Waals surface area contributed by atoms with E-state index in [2.05, 4.69) is 0 Å². The van der Waals surface area contributed by atoms with Gasteiger partial charge in [-0.2, -0.15) is 8.42 Å². The van der Waals surface area contributed by atoms with Gasteiger partial charge in [0.25, 0.3) is 5.91 Å². The number of carbonyl (C=O) groups excluding carboxylic acids is 1. The summed E-state index contributed by atoms with van der Waals surface area (Å²) in [6, 6.07) is 2.46. The molecule has 0 aliphatic heterocycles. The Hall–Kier alpha value is -1.81. The predicted octanol–water partition coefficient (Wildman–Crippen LogP) is 3.39. The topological polar surface area (TPSA) is 84.5 Å². The number of benzene rings is 1. The van der Waals surface area contributed by atoms with E-state index in [1.54, 1.807) is 4.72 Å². The zero-order chi connectivity index (χ0) is 21.9. The number of carbonyl (C=O) groups is 1. The van der Waals surface area contributed by atoms with Crippen molar-refractivity contribution in [3.8, 4) is 5.75 Å². The normalized spacial score (nSPS) is 19.5. The van der Waals surface area contributed by atoms with Crippen molar-refractivity contribution in [2.24, 2.45) is 11.3 Å². The molecule has 2 N–H and O–H groups in total. The zero-order valence-electron chi connectivity index (χ0n) is 16.8. The summed E-state index contributed by atoms with van der Waals surface area (Å²) < 4.78 is 73.5. The third-order valence-electron chi connectivity index (χ3n) is 6.06. The number of rotatable bonds is 9. The molecule has 2 fully saturated rings. The van der Waals surface area contributed by atoms with Gasteiger partial charge in [0.2, 0.25) is 0 Å². The molecular weight excluding hydrogens is 421 g/mol. The molecule has 168 valence electrons. The van der Waals surface area contributed by atoms with E-state index in [1.165, 1.54) is 6.07 Å². The van der Waals surface area contributed by atoms with Gasteiger partial charge < -0.3 is 4.74 Å². The van der Waals surface area contributed by atoms with E-state index in [9.17, 15) is 26.4 Å². The van der Waals surface area contributed by atoms with Gasteiger partial charge in [-0.3, -0.25) is 13.6 Å². The number of hydrogen-bond acceptors (Lipinski definition) is 4. The number of hydrogen-bond donors (Lipinski definition) is 2. The molecule has 0 unspecified atom stereocenters. The van der Waals surface area contributed by atoms with Crippen LogP contribution >= 0.6 is 0 Å². The van der Waals surface area contributed by atoms with Gasteiger partial charge in [-0.05, 0) is 62.0 Å². The van der Waals surface area contributed by atoms with E-state index in [0.717, 1.165) is 26.0 Å². The minimum atomic E-state index is -4.05. The summed E-state index contributed by atoms with van der Waals surface area (Å²) in [5.74, 6) is -1.36. The van der Waals surface area contributed by atoms with Crippen LogP contribution < -0.4 is 14.2 Å². The minimum Gasteiger partial charge on any atom is -0.493 e. The second-order valence-corrected chi connectivity index (χ2v) is 9.92. The molecule has 0 heterocycles. The van der Waals surface area contributed by atoms with Crippen LogP contribution in [0.5, 0.6) is 5.75 Å². The summed E-state index contributed by atoms with van der Waals surface area (Å²) in [6.45, 7) is -1.03. The molecule has 2 aliphatic rings. The fraction of sp³-hybridized carbons (Fsp3) is 0.650. The lowest BCUT2D eigenvalue weighted by atomic mass is 9.72. The van der Waals surface area contributed by atoms with Crippen molar-refractivity contribution < 1.29 is 31.1 Å². The molecule has 0 aromatic heterocycles. The highest BCUT2D eigenvalue weighted by Gasteiger charge is 2.36. The van der Waals surface area contributed by atoms with Gasteiger partial charge in [-0.1, -0.05) is 0 Å². The van der Waals surface area contributed by atoms with E-state index in [1.807, 2.05) is 4.72 Å². The monoisotopic (exact) mass is 448 g/mol. The molecule has 2 saturated carbocycles. The van der Waals surface area contributed by atoms with Gasteiger partial charge in [-0.15, -0.1) is 0 Å². The molecule has 0 atom stereocenters. The van der Waals surface area contributed by atoms with Crippen molar-refractivity contribution in [3.63, 3.8) is 0 Å². The molecule has 3 rings (SSSR count). The molecule has 0 spiro atoms. The van der Waals surface area contributed by atoms with E-state index in [0.29, 0.717) is 43.6 Å². The van der Waals surface area contributed by atoms with Crippen LogP contribution in [0.4, 0.5) is 13.2 Å². The van der Waals surface area contributed by atoms with Crippen LogP contribution in [0, 0.1) is 17.2 Å². The number of nitrogens with one attached hydrogen (secondary N) is 2. The first-order valence-corrected chi connectivity index (χ1v) is 11.5. The standard InChI is InChI=1S/C20H27F3N2O4S/c1-24-30(27,28)25-19(26)16-8-15(14-2-3-14)18(9-17(16)23)29-10-13-4-6-20(11-21,12-22)7-5-13/h8-9,13-14,24H,2-7,10-12H2,1H3,(H,25,26). The van der Waals surface area contributed by atoms with Crippen LogP contribution in [0.25, 0.3) is 0 Å². The van der Waals surface area contributed by atoms with Crippen LogP contribution in [0.15, 0.2) is 12.1 Å². The largest absolute Gasteiger partial charge is 0.493 e. The van der Waals surface area contributed by atoms with E-state index >= 15 is 0 Å². The molecular formula is C20H27F3N2O4S. The lowest BCUT2D eigenvalue weighted by Gasteiger charge is -2.36. The summed E-state index contributed by atoms with van der Waals surface area (Å²) in [7, 11) is -2.92. The van der Waals surface area contributed by atoms with Crippen molar-refractivity contribution in [3.05, 3.63) is 29.1 Å². The summed E-state index contributed by atoms with van der Waals surface area (Å²) in [5, 5.41) is 0. The smallest absolute Gasteiger partial charge is 0.301 e. The number of halogens is 3. The average Bonchev–Trinajstić information content (AvgIpc) is 3.57. The maximum Gasteiger partial charge on any atom is 0.301 e. The highest BCUT2D eigenvalue weighted by atomic mass is 32.2. The number of ether oxygens (including phenoxy) is 1. The Kier molecular flexibility index (Phi) is 6.96. The molecule has 2 aliphatic carbocycles. The molecule has 30 heavy (non-hydrogen) atoms. The summed E-state index contributed by atoms with van der Waals surface area (Å²) in [5.41, 5.74) is -0.567. The lowest BCUT2D eigenvalue weighted by Crippen LogP contribution is -2.38. The molecule has 0 bridgehead atoms. The van der Waals surface area contributed by atoms with Crippen molar-refractivity contribution in [2.75, 3.05) is 27.0 Å². The summed E-state index contributed by atoms with van der Waals surface area (Å²) >= 11 is 0. The maximum atomic E-state index is 14.6. The minimum absolute atomic E-state index is 0.120. The third-order valence-corrected chi connectivity index (χ3v) is 7.06. The summed E-state index contributed by atoms with van der Waals surface area (Å²) in [4.78, 5) is 12.2. The van der Waals surface area contributed by atoms with Gasteiger partial charge in [0.1, 0.15) is 11.6 Å². The van der Waals surface area contributed by atoms with Crippen LogP contribution in [-0.2, 0) is 10.2 Å². The van der Waals surface area contributed by atoms with Gasteiger partial charge in [0.15, 0.2) is 0 Å². The van der Waals surface area contributed by atoms with E-state index in [4.69, 9.17) is 4.74 Å². The lowest BCUT2D eigenvalue weighted by molar-refractivity contribution is 0.0639. The maximum absolute atomic E-state index is 14.6. The van der Waals surface area contributed by atoms with Crippen molar-refractivity contribution in [1.29, 1.82) is 0 Å².